The lowest BCUT2D eigenvalue weighted by atomic mass is 10.1. The predicted molar refractivity (Wildman–Crippen MR) is 91.2 cm³/mol. The number of ether oxygens (including phenoxy) is 3. The summed E-state index contributed by atoms with van der Waals surface area (Å²) in [5, 5.41) is 0. The van der Waals surface area contributed by atoms with Crippen LogP contribution in [0.2, 0.25) is 0 Å². The summed E-state index contributed by atoms with van der Waals surface area (Å²) in [6.45, 7) is 8.11. The maximum absolute atomic E-state index is 10.8. The third-order valence-corrected chi connectivity index (χ3v) is 2.78. The molecule has 0 unspecified atom stereocenters. The molecule has 24 heavy (non-hydrogen) atoms. The van der Waals surface area contributed by atoms with E-state index < -0.39 is 11.9 Å². The molecule has 0 radical (unpaired) electrons. The van der Waals surface area contributed by atoms with E-state index in [9.17, 15) is 14.4 Å². The Hall–Kier alpha value is -1.89. The molecule has 0 fully saturated rings. The van der Waals surface area contributed by atoms with Crippen LogP contribution in [-0.4, -0.2) is 44.8 Å². The fourth-order valence-corrected chi connectivity index (χ4v) is 1.49. The maximum Gasteiger partial charge on any atom is 0.333 e. The summed E-state index contributed by atoms with van der Waals surface area (Å²) in [5.41, 5.74) is 5.28. The van der Waals surface area contributed by atoms with E-state index >= 15 is 0 Å². The molecule has 0 rings (SSSR count). The lowest BCUT2D eigenvalue weighted by Gasteiger charge is -2.04. The van der Waals surface area contributed by atoms with Crippen LogP contribution in [0.4, 0.5) is 0 Å². The zero-order chi connectivity index (χ0) is 18.6. The van der Waals surface area contributed by atoms with E-state index in [2.05, 4.69) is 27.7 Å². The van der Waals surface area contributed by atoms with Crippen molar-refractivity contribution in [3.8, 4) is 0 Å². The normalized spacial score (nSPS) is 9.29. The quantitative estimate of drug-likeness (QED) is 0.179. The Bertz CT molecular complexity index is 357. The monoisotopic (exact) mass is 345 g/mol. The highest BCUT2D eigenvalue weighted by atomic mass is 16.6. The average molecular weight is 345 g/mol. The highest BCUT2D eigenvalue weighted by Crippen LogP contribution is 2.04. The van der Waals surface area contributed by atoms with Gasteiger partial charge in [-0.25, -0.2) is 4.79 Å². The summed E-state index contributed by atoms with van der Waals surface area (Å²) in [6, 6.07) is 0. The molecule has 0 amide bonds. The molecule has 0 atom stereocenters. The summed E-state index contributed by atoms with van der Waals surface area (Å²) in [5.74, 6) is -1.02. The van der Waals surface area contributed by atoms with E-state index in [1.54, 1.807) is 0 Å². The highest BCUT2D eigenvalue weighted by molar-refractivity contribution is 5.86. The fourth-order valence-electron chi connectivity index (χ4n) is 1.49. The van der Waals surface area contributed by atoms with Gasteiger partial charge in [0.25, 0.3) is 6.47 Å². The molecule has 7 nitrogen and oxygen atoms in total. The third-order valence-electron chi connectivity index (χ3n) is 2.78. The van der Waals surface area contributed by atoms with E-state index in [1.807, 2.05) is 0 Å². The molecule has 0 aromatic carbocycles. The Labute approximate surface area is 144 Å². The van der Waals surface area contributed by atoms with Crippen LogP contribution in [0.3, 0.4) is 0 Å². The SMILES string of the molecule is C=C(C)C(=O)OCCOC(=O)CN.CCCCCCCCOC=O. The maximum atomic E-state index is 10.8. The molecular formula is C17H31NO6. The van der Waals surface area contributed by atoms with Crippen LogP contribution in [0.1, 0.15) is 52.4 Å². The molecule has 140 valence electrons. The molecule has 7 heteroatoms. The molecule has 0 bridgehead atoms. The number of rotatable bonds is 13. The minimum absolute atomic E-state index is 0.0229. The summed E-state index contributed by atoms with van der Waals surface area (Å²) < 4.78 is 13.8. The van der Waals surface area contributed by atoms with Crippen molar-refractivity contribution < 1.29 is 28.6 Å². The number of carbonyl (C=O) groups is 3. The van der Waals surface area contributed by atoms with Gasteiger partial charge in [-0.2, -0.15) is 0 Å². The summed E-state index contributed by atoms with van der Waals surface area (Å²) in [6.07, 6.45) is 7.41. The number of nitrogens with two attached hydrogens (primary N) is 1. The van der Waals surface area contributed by atoms with Gasteiger partial charge in [-0.3, -0.25) is 9.59 Å². The smallest absolute Gasteiger partial charge is 0.333 e. The molecule has 0 aliphatic rings. The van der Waals surface area contributed by atoms with E-state index in [0.717, 1.165) is 6.42 Å². The van der Waals surface area contributed by atoms with Crippen molar-refractivity contribution in [1.82, 2.24) is 0 Å². The Morgan fingerprint density at radius 3 is 2.12 bits per heavy atom. The molecule has 0 saturated carbocycles. The Morgan fingerprint density at radius 2 is 1.58 bits per heavy atom. The van der Waals surface area contributed by atoms with Crippen molar-refractivity contribution in [3.05, 3.63) is 12.2 Å². The molecule has 0 heterocycles. The van der Waals surface area contributed by atoms with Crippen molar-refractivity contribution in [2.45, 2.75) is 52.4 Å². The number of hydrogen-bond donors (Lipinski definition) is 1. The summed E-state index contributed by atoms with van der Waals surface area (Å²) in [7, 11) is 0. The standard InChI is InChI=1S/C9H18O2.C8H13NO4/c1-2-3-4-5-6-7-8-11-9-10;1-6(2)8(11)13-4-3-12-7(10)5-9/h9H,2-8H2,1H3;1,3-5,9H2,2H3. The number of hydrogen-bond acceptors (Lipinski definition) is 7. The van der Waals surface area contributed by atoms with Gasteiger partial charge in [0, 0.05) is 5.57 Å². The topological polar surface area (TPSA) is 105 Å². The fraction of sp³-hybridized carbons (Fsp3) is 0.706. The van der Waals surface area contributed by atoms with Crippen molar-refractivity contribution >= 4 is 18.4 Å². The number of carbonyl (C=O) groups excluding carboxylic acids is 3. The van der Waals surface area contributed by atoms with Crippen molar-refractivity contribution in [3.63, 3.8) is 0 Å². The van der Waals surface area contributed by atoms with Crippen LogP contribution in [0.25, 0.3) is 0 Å². The zero-order valence-electron chi connectivity index (χ0n) is 14.9. The van der Waals surface area contributed by atoms with Gasteiger partial charge in [0.2, 0.25) is 0 Å². The van der Waals surface area contributed by atoms with Crippen molar-refractivity contribution in [2.24, 2.45) is 5.73 Å². The van der Waals surface area contributed by atoms with Crippen LogP contribution in [-0.2, 0) is 28.6 Å². The lowest BCUT2D eigenvalue weighted by Crippen LogP contribution is -2.20. The van der Waals surface area contributed by atoms with Gasteiger partial charge in [0.05, 0.1) is 13.2 Å². The Kier molecular flexibility index (Phi) is 19.4. The first kappa shape index (κ1) is 24.4. The first-order chi connectivity index (χ1) is 11.5. The van der Waals surface area contributed by atoms with E-state index in [1.165, 1.54) is 39.0 Å². The van der Waals surface area contributed by atoms with Crippen molar-refractivity contribution in [2.75, 3.05) is 26.4 Å². The molecule has 2 N–H and O–H groups in total. The molecule has 0 saturated heterocycles. The van der Waals surface area contributed by atoms with E-state index in [4.69, 9.17) is 5.73 Å². The molecule has 0 aliphatic carbocycles. The molecule has 0 spiro atoms. The van der Waals surface area contributed by atoms with Gasteiger partial charge in [0.1, 0.15) is 13.2 Å². The summed E-state index contributed by atoms with van der Waals surface area (Å²) in [4.78, 5) is 31.0. The van der Waals surface area contributed by atoms with Gasteiger partial charge in [-0.1, -0.05) is 45.6 Å². The van der Waals surface area contributed by atoms with Gasteiger partial charge >= 0.3 is 11.9 Å². The molecule has 0 aliphatic heterocycles. The summed E-state index contributed by atoms with van der Waals surface area (Å²) >= 11 is 0. The minimum Gasteiger partial charge on any atom is -0.468 e. The van der Waals surface area contributed by atoms with Crippen molar-refractivity contribution in [1.29, 1.82) is 0 Å². The van der Waals surface area contributed by atoms with Crippen LogP contribution in [0.15, 0.2) is 12.2 Å². The van der Waals surface area contributed by atoms with Gasteiger partial charge < -0.3 is 19.9 Å². The first-order valence-electron chi connectivity index (χ1n) is 8.23. The minimum atomic E-state index is -0.522. The van der Waals surface area contributed by atoms with E-state index in [0.29, 0.717) is 18.7 Å². The van der Waals surface area contributed by atoms with Gasteiger partial charge in [0.15, 0.2) is 0 Å². The Morgan fingerprint density at radius 1 is 1.00 bits per heavy atom. The number of esters is 2. The second kappa shape index (κ2) is 19.2. The van der Waals surface area contributed by atoms with Crippen LogP contribution >= 0.6 is 0 Å². The lowest BCUT2D eigenvalue weighted by molar-refractivity contribution is -0.148. The van der Waals surface area contributed by atoms with Gasteiger partial charge in [-0.05, 0) is 13.3 Å². The predicted octanol–water partition coefficient (Wildman–Crippen LogP) is 2.13. The van der Waals surface area contributed by atoms with Crippen LogP contribution in [0.5, 0.6) is 0 Å². The molecular weight excluding hydrogens is 314 g/mol. The number of unbranched alkanes of at least 4 members (excludes halogenated alkanes) is 5. The van der Waals surface area contributed by atoms with Crippen LogP contribution < -0.4 is 5.73 Å². The van der Waals surface area contributed by atoms with Crippen LogP contribution in [0, 0.1) is 0 Å². The Balaban J connectivity index is 0. The zero-order valence-corrected chi connectivity index (χ0v) is 14.9. The second-order valence-corrected chi connectivity index (χ2v) is 5.08. The molecule has 0 aromatic heterocycles. The van der Waals surface area contributed by atoms with Gasteiger partial charge in [-0.15, -0.1) is 0 Å². The highest BCUT2D eigenvalue weighted by Gasteiger charge is 2.03. The largest absolute Gasteiger partial charge is 0.468 e. The average Bonchev–Trinajstić information content (AvgIpc) is 2.58. The third kappa shape index (κ3) is 20.1. The molecule has 0 aromatic rings. The first-order valence-corrected chi connectivity index (χ1v) is 8.23. The van der Waals surface area contributed by atoms with E-state index in [-0.39, 0.29) is 19.8 Å². The second-order valence-electron chi connectivity index (χ2n) is 5.08.